The fourth-order valence-electron chi connectivity index (χ4n) is 3.68. The van der Waals surface area contributed by atoms with Gasteiger partial charge >= 0.3 is 0 Å². The van der Waals surface area contributed by atoms with Gasteiger partial charge < -0.3 is 10.3 Å². The number of nitrogens with zero attached hydrogens (tertiary/aromatic N) is 4. The Kier molecular flexibility index (Phi) is 3.72. The van der Waals surface area contributed by atoms with Crippen LogP contribution in [0.2, 0.25) is 0 Å². The van der Waals surface area contributed by atoms with E-state index >= 15 is 0 Å². The van der Waals surface area contributed by atoms with Crippen molar-refractivity contribution in [2.24, 2.45) is 9.98 Å². The predicted molar refractivity (Wildman–Crippen MR) is 111 cm³/mol. The van der Waals surface area contributed by atoms with E-state index in [4.69, 9.17) is 4.99 Å². The monoisotopic (exact) mass is 371 g/mol. The van der Waals surface area contributed by atoms with E-state index in [1.807, 2.05) is 12.1 Å². The maximum absolute atomic E-state index is 12.8. The molecule has 1 atom stereocenters. The number of anilines is 2. The highest BCUT2D eigenvalue weighted by atomic mass is 16.5. The van der Waals surface area contributed by atoms with E-state index in [2.05, 4.69) is 31.0 Å². The van der Waals surface area contributed by atoms with Crippen LogP contribution in [-0.2, 0) is 0 Å². The zero-order valence-electron chi connectivity index (χ0n) is 15.6. The molecule has 0 bridgehead atoms. The van der Waals surface area contributed by atoms with E-state index in [9.17, 15) is 10.4 Å². The normalized spacial score (nSPS) is 20.1. The summed E-state index contributed by atoms with van der Waals surface area (Å²) in [6.45, 7) is 4.31. The van der Waals surface area contributed by atoms with Crippen LogP contribution >= 0.6 is 0 Å². The van der Waals surface area contributed by atoms with E-state index in [-0.39, 0.29) is 6.04 Å². The molecule has 1 unspecified atom stereocenters. The Hall–Kier alpha value is -3.22. The van der Waals surface area contributed by atoms with E-state index in [1.165, 1.54) is 5.56 Å². The number of hydrogen-bond acceptors (Lipinski definition) is 6. The van der Waals surface area contributed by atoms with Gasteiger partial charge in [-0.15, -0.1) is 0 Å². The standard InChI is InChI=1S/C22H19N4O2/c1-13(2)14-7-9-15(10-8-14)22-23-16-11-20-21(12-17(16)24-22)26(28)19-6-4-3-5-18(19)25(20)27/h3-13,16,27H,1-2H3/q-1. The Morgan fingerprint density at radius 1 is 1.00 bits per heavy atom. The first-order valence-electron chi connectivity index (χ1n) is 9.29. The van der Waals surface area contributed by atoms with Crippen LogP contribution < -0.4 is 10.1 Å². The highest BCUT2D eigenvalue weighted by Gasteiger charge is 2.33. The zero-order chi connectivity index (χ0) is 19.4. The van der Waals surface area contributed by atoms with Crippen LogP contribution in [0, 0.1) is 5.21 Å². The topological polar surface area (TPSA) is 74.5 Å². The molecule has 0 amide bonds. The van der Waals surface area contributed by atoms with Crippen molar-refractivity contribution < 1.29 is 5.21 Å². The van der Waals surface area contributed by atoms with Crippen molar-refractivity contribution in [3.8, 4) is 0 Å². The van der Waals surface area contributed by atoms with Crippen LogP contribution in [0.4, 0.5) is 11.4 Å². The smallest absolute Gasteiger partial charge is 0.155 e. The molecule has 0 aromatic heterocycles. The second kappa shape index (κ2) is 6.15. The SMILES string of the molecule is CC(C)c1ccc(C2=NC3C=C4C(=CC3=N2)N([O-])c2ccccc2N4O)cc1. The minimum atomic E-state index is -0.313. The highest BCUT2D eigenvalue weighted by molar-refractivity contribution is 6.18. The molecule has 0 spiro atoms. The van der Waals surface area contributed by atoms with Crippen LogP contribution in [0.1, 0.15) is 30.9 Å². The van der Waals surface area contributed by atoms with Gasteiger partial charge in [0.1, 0.15) is 6.04 Å². The molecule has 2 aromatic carbocycles. The molecule has 2 aromatic rings. The van der Waals surface area contributed by atoms with Crippen molar-refractivity contribution in [2.45, 2.75) is 25.8 Å². The van der Waals surface area contributed by atoms with Gasteiger partial charge in [0.25, 0.3) is 0 Å². The van der Waals surface area contributed by atoms with Crippen molar-refractivity contribution in [1.29, 1.82) is 0 Å². The Bertz CT molecular complexity index is 1080. The summed E-state index contributed by atoms with van der Waals surface area (Å²) in [6, 6.07) is 14.9. The first-order chi connectivity index (χ1) is 13.5. The van der Waals surface area contributed by atoms with Crippen molar-refractivity contribution in [3.63, 3.8) is 0 Å². The summed E-state index contributed by atoms with van der Waals surface area (Å²) in [4.78, 5) is 9.34. The van der Waals surface area contributed by atoms with Crippen LogP contribution in [0.25, 0.3) is 0 Å². The van der Waals surface area contributed by atoms with Crippen molar-refractivity contribution in [3.05, 3.63) is 88.4 Å². The second-order valence-corrected chi connectivity index (χ2v) is 7.39. The molecule has 2 aliphatic heterocycles. The molecule has 5 rings (SSSR count). The number of fused-ring (bicyclic) bond motifs is 3. The fraction of sp³-hybridized carbons (Fsp3) is 0.182. The Labute approximate surface area is 163 Å². The third kappa shape index (κ3) is 2.50. The fourth-order valence-corrected chi connectivity index (χ4v) is 3.68. The van der Waals surface area contributed by atoms with Crippen LogP contribution in [0.3, 0.4) is 0 Å². The van der Waals surface area contributed by atoms with Gasteiger partial charge in [0.15, 0.2) is 5.84 Å². The second-order valence-electron chi connectivity index (χ2n) is 7.39. The quantitative estimate of drug-likeness (QED) is 0.850. The summed E-state index contributed by atoms with van der Waals surface area (Å²) in [5.74, 6) is 1.10. The minimum absolute atomic E-state index is 0.313. The zero-order valence-corrected chi connectivity index (χ0v) is 15.6. The van der Waals surface area contributed by atoms with Gasteiger partial charge in [0.2, 0.25) is 0 Å². The van der Waals surface area contributed by atoms with E-state index < -0.39 is 0 Å². The van der Waals surface area contributed by atoms with E-state index in [0.29, 0.717) is 40.2 Å². The molecule has 140 valence electrons. The lowest BCUT2D eigenvalue weighted by Gasteiger charge is -2.44. The molecule has 0 saturated carbocycles. The van der Waals surface area contributed by atoms with Crippen molar-refractivity contribution >= 4 is 22.9 Å². The molecule has 6 nitrogen and oxygen atoms in total. The van der Waals surface area contributed by atoms with E-state index in [0.717, 1.165) is 15.7 Å². The van der Waals surface area contributed by atoms with Gasteiger partial charge in [-0.2, -0.15) is 0 Å². The minimum Gasteiger partial charge on any atom is -0.754 e. The number of amidine groups is 1. The van der Waals surface area contributed by atoms with Crippen LogP contribution in [-0.4, -0.2) is 22.8 Å². The molecule has 2 heterocycles. The maximum atomic E-state index is 12.8. The van der Waals surface area contributed by atoms with Crippen molar-refractivity contribution in [1.82, 2.24) is 0 Å². The number of hydrogen-bond donors (Lipinski definition) is 1. The molecular weight excluding hydrogens is 352 g/mol. The molecule has 1 N–H and O–H groups in total. The number of benzene rings is 2. The predicted octanol–water partition coefficient (Wildman–Crippen LogP) is 4.37. The maximum Gasteiger partial charge on any atom is 0.155 e. The number of aliphatic imine (C=N–C) groups is 2. The number of hydroxylamine groups is 2. The molecule has 1 aliphatic carbocycles. The van der Waals surface area contributed by atoms with Gasteiger partial charge in [-0.1, -0.05) is 50.2 Å². The van der Waals surface area contributed by atoms with Gasteiger partial charge in [0.05, 0.1) is 28.5 Å². The molecule has 28 heavy (non-hydrogen) atoms. The van der Waals surface area contributed by atoms with Crippen LogP contribution in [0.5, 0.6) is 0 Å². The first kappa shape index (κ1) is 16.9. The molecular formula is C22H19N4O2-. The lowest BCUT2D eigenvalue weighted by Crippen LogP contribution is -2.36. The van der Waals surface area contributed by atoms with Crippen molar-refractivity contribution in [2.75, 3.05) is 10.1 Å². The summed E-state index contributed by atoms with van der Waals surface area (Å²) in [6.07, 6.45) is 3.50. The number of para-hydroxylation sites is 2. The summed E-state index contributed by atoms with van der Waals surface area (Å²) in [5, 5.41) is 25.3. The van der Waals surface area contributed by atoms with Crippen LogP contribution in [0.15, 0.2) is 82.1 Å². The third-order valence-electron chi connectivity index (χ3n) is 5.27. The highest BCUT2D eigenvalue weighted by Crippen LogP contribution is 2.42. The van der Waals surface area contributed by atoms with Gasteiger partial charge in [-0.3, -0.25) is 10.2 Å². The largest absolute Gasteiger partial charge is 0.754 e. The van der Waals surface area contributed by atoms with Gasteiger partial charge in [-0.05, 0) is 35.8 Å². The molecule has 3 aliphatic rings. The summed E-state index contributed by atoms with van der Waals surface area (Å²) >= 11 is 0. The Morgan fingerprint density at radius 3 is 2.43 bits per heavy atom. The third-order valence-corrected chi connectivity index (χ3v) is 5.27. The summed E-state index contributed by atoms with van der Waals surface area (Å²) in [5.41, 5.74) is 4.55. The first-order valence-corrected chi connectivity index (χ1v) is 9.29. The van der Waals surface area contributed by atoms with E-state index in [1.54, 1.807) is 36.4 Å². The summed E-state index contributed by atoms with van der Waals surface area (Å²) < 4.78 is 0. The molecule has 6 heteroatoms. The lowest BCUT2D eigenvalue weighted by molar-refractivity contribution is 0.283. The average molecular weight is 371 g/mol. The average Bonchev–Trinajstić information content (AvgIpc) is 3.14. The van der Waals surface area contributed by atoms with Gasteiger partial charge in [0, 0.05) is 5.56 Å². The van der Waals surface area contributed by atoms with Gasteiger partial charge in [-0.25, -0.2) is 10.1 Å². The molecule has 0 saturated heterocycles. The Morgan fingerprint density at radius 2 is 1.71 bits per heavy atom. The number of rotatable bonds is 2. The molecule has 0 radical (unpaired) electrons. The summed E-state index contributed by atoms with van der Waals surface area (Å²) in [7, 11) is 0. The molecule has 0 fully saturated rings. The Balaban J connectivity index is 1.53. The lowest BCUT2D eigenvalue weighted by atomic mass is 10.00.